The highest BCUT2D eigenvalue weighted by Gasteiger charge is 2.23. The van der Waals surface area contributed by atoms with Gasteiger partial charge in [0.15, 0.2) is 0 Å². The molecule has 0 aliphatic carbocycles. The van der Waals surface area contributed by atoms with Crippen molar-refractivity contribution in [2.24, 2.45) is 0 Å². The number of benzene rings is 4. The zero-order chi connectivity index (χ0) is 33.0. The van der Waals surface area contributed by atoms with Crippen LogP contribution in [0.1, 0.15) is 64.5 Å². The molecule has 0 bridgehead atoms. The first-order chi connectivity index (χ1) is 21.3. The zero-order valence-corrected chi connectivity index (χ0v) is 30.5. The van der Waals surface area contributed by atoms with Crippen LogP contribution in [0.5, 0.6) is 0 Å². The van der Waals surface area contributed by atoms with Crippen LogP contribution in [-0.4, -0.2) is 17.9 Å². The number of rotatable bonds is 9. The summed E-state index contributed by atoms with van der Waals surface area (Å²) in [6.45, 7) is 4.89. The van der Waals surface area contributed by atoms with Gasteiger partial charge in [0, 0.05) is 10.7 Å². The molecule has 0 spiro atoms. The quantitative estimate of drug-likeness (QED) is 0.0949. The SMILES string of the molecule is Cc1c(COC(=O)c2ccc(F)cc2I)c(C)c(COC(=O)c2ccc(F)cc2I)c(C)c1COC(=O)c1ccc(F)cc1I. The minimum atomic E-state index is -0.656. The number of halogens is 6. The average molecular weight is 954 g/mol. The van der Waals surface area contributed by atoms with Crippen LogP contribution in [0, 0.1) is 48.9 Å². The molecule has 4 aromatic rings. The second-order valence-electron chi connectivity index (χ2n) is 9.91. The zero-order valence-electron chi connectivity index (χ0n) is 24.0. The lowest BCUT2D eigenvalue weighted by Gasteiger charge is -2.22. The van der Waals surface area contributed by atoms with Crippen LogP contribution in [0.25, 0.3) is 0 Å². The van der Waals surface area contributed by atoms with Crippen molar-refractivity contribution in [1.29, 1.82) is 0 Å². The summed E-state index contributed by atoms with van der Waals surface area (Å²) in [7, 11) is 0. The van der Waals surface area contributed by atoms with E-state index in [1.54, 1.807) is 20.8 Å². The molecule has 0 atom stereocenters. The van der Waals surface area contributed by atoms with E-state index >= 15 is 0 Å². The van der Waals surface area contributed by atoms with Gasteiger partial charge in [0.1, 0.15) is 37.3 Å². The average Bonchev–Trinajstić information content (AvgIpc) is 2.96. The van der Waals surface area contributed by atoms with E-state index in [2.05, 4.69) is 0 Å². The maximum atomic E-state index is 13.6. The summed E-state index contributed by atoms with van der Waals surface area (Å²) in [5.74, 6) is -3.41. The third-order valence-electron chi connectivity index (χ3n) is 7.21. The molecule has 0 amide bonds. The van der Waals surface area contributed by atoms with Gasteiger partial charge in [-0.1, -0.05) is 0 Å². The van der Waals surface area contributed by atoms with Crippen LogP contribution < -0.4 is 0 Å². The van der Waals surface area contributed by atoms with Crippen LogP contribution in [0.2, 0.25) is 0 Å². The summed E-state index contributed by atoms with van der Waals surface area (Å²) in [5, 5.41) is 0. The highest BCUT2D eigenvalue weighted by molar-refractivity contribution is 14.1. The molecule has 0 fully saturated rings. The first-order valence-corrected chi connectivity index (χ1v) is 16.5. The monoisotopic (exact) mass is 954 g/mol. The van der Waals surface area contributed by atoms with Gasteiger partial charge in [-0.3, -0.25) is 0 Å². The Balaban J connectivity index is 1.66. The Morgan fingerprint density at radius 2 is 0.756 bits per heavy atom. The summed E-state index contributed by atoms with van der Waals surface area (Å²) < 4.78 is 58.8. The molecule has 0 saturated carbocycles. The third kappa shape index (κ3) is 8.36. The van der Waals surface area contributed by atoms with E-state index in [0.29, 0.717) is 44.1 Å². The van der Waals surface area contributed by atoms with Crippen LogP contribution in [-0.2, 0) is 34.0 Å². The Bertz CT molecular complexity index is 1600. The Kier molecular flexibility index (Phi) is 11.9. The molecule has 0 aromatic heterocycles. The van der Waals surface area contributed by atoms with Gasteiger partial charge in [0.2, 0.25) is 0 Å². The molecular weight excluding hydrogens is 930 g/mol. The standard InChI is InChI=1S/C33H24F3I3O6/c1-16-25(13-43-31(40)22-7-4-19(34)10-28(22)37)17(2)27(15-45-33(42)24-9-6-21(36)12-30(24)39)18(3)26(16)14-44-32(41)23-8-5-20(35)11-29(23)38/h4-12H,13-15H2,1-3H3. The van der Waals surface area contributed by atoms with E-state index in [9.17, 15) is 27.6 Å². The van der Waals surface area contributed by atoms with Gasteiger partial charge >= 0.3 is 17.9 Å². The molecule has 234 valence electrons. The Morgan fingerprint density at radius 1 is 0.511 bits per heavy atom. The predicted molar refractivity (Wildman–Crippen MR) is 185 cm³/mol. The first-order valence-electron chi connectivity index (χ1n) is 13.2. The van der Waals surface area contributed by atoms with Gasteiger partial charge in [0.25, 0.3) is 0 Å². The topological polar surface area (TPSA) is 78.9 Å². The lowest BCUT2D eigenvalue weighted by molar-refractivity contribution is 0.0469. The van der Waals surface area contributed by atoms with E-state index in [-0.39, 0.29) is 36.5 Å². The first kappa shape index (κ1) is 35.1. The fourth-order valence-electron chi connectivity index (χ4n) is 4.65. The van der Waals surface area contributed by atoms with E-state index in [4.69, 9.17) is 14.2 Å². The van der Waals surface area contributed by atoms with Crippen molar-refractivity contribution in [3.05, 3.63) is 133 Å². The molecule has 0 heterocycles. The molecule has 0 aliphatic heterocycles. The second-order valence-corrected chi connectivity index (χ2v) is 13.4. The van der Waals surface area contributed by atoms with Gasteiger partial charge in [-0.05, 0) is 177 Å². The van der Waals surface area contributed by atoms with Crippen LogP contribution in [0.4, 0.5) is 13.2 Å². The number of hydrogen-bond acceptors (Lipinski definition) is 6. The Morgan fingerprint density at radius 3 is 0.978 bits per heavy atom. The van der Waals surface area contributed by atoms with Crippen molar-refractivity contribution in [3.8, 4) is 0 Å². The highest BCUT2D eigenvalue weighted by Crippen LogP contribution is 2.31. The summed E-state index contributed by atoms with van der Waals surface area (Å²) in [4.78, 5) is 38.8. The number of ether oxygens (including phenoxy) is 3. The lowest BCUT2D eigenvalue weighted by Crippen LogP contribution is -2.16. The van der Waals surface area contributed by atoms with Crippen molar-refractivity contribution in [1.82, 2.24) is 0 Å². The summed E-state index contributed by atoms with van der Waals surface area (Å²) in [5.41, 5.74) is 4.49. The van der Waals surface area contributed by atoms with Crippen LogP contribution in [0.3, 0.4) is 0 Å². The maximum absolute atomic E-state index is 13.6. The van der Waals surface area contributed by atoms with Crippen molar-refractivity contribution >= 4 is 85.7 Å². The molecule has 6 nitrogen and oxygen atoms in total. The molecular formula is C33H24F3I3O6. The van der Waals surface area contributed by atoms with E-state index in [0.717, 1.165) is 0 Å². The molecule has 45 heavy (non-hydrogen) atoms. The van der Waals surface area contributed by atoms with Crippen LogP contribution >= 0.6 is 67.8 Å². The summed E-state index contributed by atoms with van der Waals surface area (Å²) in [6.07, 6.45) is 0. The Hall–Kier alpha value is -2.73. The predicted octanol–water partition coefficient (Wildman–Crippen LogP) is 8.91. The Labute approximate surface area is 298 Å². The normalized spacial score (nSPS) is 10.9. The fraction of sp³-hybridized carbons (Fsp3) is 0.182. The summed E-state index contributed by atoms with van der Waals surface area (Å²) >= 11 is 5.57. The van der Waals surface area contributed by atoms with Gasteiger partial charge in [-0.25, -0.2) is 27.6 Å². The van der Waals surface area contributed by atoms with E-state index in [1.807, 2.05) is 67.8 Å². The van der Waals surface area contributed by atoms with E-state index in [1.165, 1.54) is 54.6 Å². The largest absolute Gasteiger partial charge is 0.457 e. The molecule has 0 radical (unpaired) electrons. The third-order valence-corrected chi connectivity index (χ3v) is 9.89. The van der Waals surface area contributed by atoms with Gasteiger partial charge < -0.3 is 14.2 Å². The molecule has 4 aromatic carbocycles. The maximum Gasteiger partial charge on any atom is 0.339 e. The second kappa shape index (κ2) is 15.2. The molecule has 4 rings (SSSR count). The van der Waals surface area contributed by atoms with Crippen molar-refractivity contribution in [3.63, 3.8) is 0 Å². The van der Waals surface area contributed by atoms with Crippen molar-refractivity contribution in [2.75, 3.05) is 0 Å². The van der Waals surface area contributed by atoms with Gasteiger partial charge in [0.05, 0.1) is 16.7 Å². The van der Waals surface area contributed by atoms with Gasteiger partial charge in [-0.2, -0.15) is 0 Å². The number of esters is 3. The molecule has 0 saturated heterocycles. The minimum Gasteiger partial charge on any atom is -0.457 e. The summed E-state index contributed by atoms with van der Waals surface area (Å²) in [6, 6.07) is 11.2. The molecule has 0 N–H and O–H groups in total. The highest BCUT2D eigenvalue weighted by atomic mass is 127. The molecule has 0 unspecified atom stereocenters. The molecule has 12 heteroatoms. The smallest absolute Gasteiger partial charge is 0.339 e. The van der Waals surface area contributed by atoms with Crippen molar-refractivity contribution < 1.29 is 41.8 Å². The molecule has 0 aliphatic rings. The number of carbonyl (C=O) groups is 3. The fourth-order valence-corrected chi connectivity index (χ4v) is 6.74. The minimum absolute atomic E-state index is 0.169. The lowest BCUT2D eigenvalue weighted by atomic mass is 9.89. The van der Waals surface area contributed by atoms with Gasteiger partial charge in [-0.15, -0.1) is 0 Å². The van der Waals surface area contributed by atoms with E-state index < -0.39 is 35.4 Å². The van der Waals surface area contributed by atoms with Crippen molar-refractivity contribution in [2.45, 2.75) is 40.6 Å². The van der Waals surface area contributed by atoms with Crippen LogP contribution in [0.15, 0.2) is 54.6 Å². The number of carbonyl (C=O) groups excluding carboxylic acids is 3. The number of hydrogen-bond donors (Lipinski definition) is 0.